The molecule has 0 spiro atoms. The zero-order valence-electron chi connectivity index (χ0n) is 6.29. The summed E-state index contributed by atoms with van der Waals surface area (Å²) in [6.07, 6.45) is 2.54. The number of aliphatic carboxylic acids is 1. The molecular formula is C7H13NO3. The first-order valence-corrected chi connectivity index (χ1v) is 3.79. The van der Waals surface area contributed by atoms with E-state index in [0.717, 1.165) is 12.8 Å². The molecule has 0 heterocycles. The van der Waals surface area contributed by atoms with Crippen molar-refractivity contribution in [2.75, 3.05) is 0 Å². The lowest BCUT2D eigenvalue weighted by atomic mass is 9.81. The van der Waals surface area contributed by atoms with Crippen LogP contribution in [0.1, 0.15) is 25.7 Å². The predicted octanol–water partition coefficient (Wildman–Crippen LogP) is -0.297. The second-order valence-corrected chi connectivity index (χ2v) is 3.08. The zero-order valence-corrected chi connectivity index (χ0v) is 6.29. The first-order valence-electron chi connectivity index (χ1n) is 3.79. The van der Waals surface area contributed by atoms with Gasteiger partial charge in [0.05, 0.1) is 0 Å². The minimum absolute atomic E-state index is 0.281. The van der Waals surface area contributed by atoms with Crippen LogP contribution in [-0.2, 0) is 4.79 Å². The standard InChI is InChI=1S/C7H13NO3/c8-5-3-1-2-4-7(5,11)6(9)10/h5,11H,1-4,8H2,(H,9,10)/t5-,7-/m0/s1. The van der Waals surface area contributed by atoms with Gasteiger partial charge in [-0.3, -0.25) is 0 Å². The number of carboxylic acid groups (broad SMARTS) is 1. The average Bonchev–Trinajstić information content (AvgIpc) is 1.95. The molecule has 0 amide bonds. The molecule has 0 radical (unpaired) electrons. The van der Waals surface area contributed by atoms with Crippen LogP contribution in [0.15, 0.2) is 0 Å². The second-order valence-electron chi connectivity index (χ2n) is 3.08. The van der Waals surface area contributed by atoms with Crippen LogP contribution >= 0.6 is 0 Å². The molecule has 0 aromatic carbocycles. The molecule has 0 aromatic rings. The third kappa shape index (κ3) is 1.36. The molecule has 64 valence electrons. The highest BCUT2D eigenvalue weighted by Crippen LogP contribution is 2.27. The summed E-state index contributed by atoms with van der Waals surface area (Å²) in [6, 6.07) is -0.603. The number of hydrogen-bond donors (Lipinski definition) is 3. The summed E-state index contributed by atoms with van der Waals surface area (Å²) in [7, 11) is 0. The number of carboxylic acids is 1. The normalized spacial score (nSPS) is 38.5. The first-order chi connectivity index (χ1) is 5.07. The van der Waals surface area contributed by atoms with E-state index in [1.807, 2.05) is 0 Å². The highest BCUT2D eigenvalue weighted by Gasteiger charge is 2.43. The Morgan fingerprint density at radius 3 is 2.55 bits per heavy atom. The molecule has 1 rings (SSSR count). The van der Waals surface area contributed by atoms with Crippen molar-refractivity contribution in [3.63, 3.8) is 0 Å². The maximum atomic E-state index is 10.6. The zero-order chi connectivity index (χ0) is 8.48. The Morgan fingerprint density at radius 1 is 1.55 bits per heavy atom. The molecule has 2 atom stereocenters. The topological polar surface area (TPSA) is 83.5 Å². The van der Waals surface area contributed by atoms with Crippen molar-refractivity contribution in [1.82, 2.24) is 0 Å². The number of aliphatic hydroxyl groups is 1. The van der Waals surface area contributed by atoms with Crippen LogP contribution in [0.5, 0.6) is 0 Å². The first kappa shape index (κ1) is 8.49. The Balaban J connectivity index is 2.72. The summed E-state index contributed by atoms with van der Waals surface area (Å²) >= 11 is 0. The van der Waals surface area contributed by atoms with E-state index >= 15 is 0 Å². The SMILES string of the molecule is N[C@H]1CCCC[C@@]1(O)C(=O)O. The maximum Gasteiger partial charge on any atom is 0.337 e. The van der Waals surface area contributed by atoms with Crippen molar-refractivity contribution in [2.45, 2.75) is 37.3 Å². The van der Waals surface area contributed by atoms with Crippen LogP contribution in [0.3, 0.4) is 0 Å². The highest BCUT2D eigenvalue weighted by atomic mass is 16.4. The Labute approximate surface area is 65.0 Å². The number of carbonyl (C=O) groups is 1. The molecule has 0 saturated heterocycles. The van der Waals surface area contributed by atoms with Crippen LogP contribution in [0.2, 0.25) is 0 Å². The molecule has 0 aliphatic heterocycles. The van der Waals surface area contributed by atoms with E-state index in [0.29, 0.717) is 6.42 Å². The van der Waals surface area contributed by atoms with Crippen molar-refractivity contribution >= 4 is 5.97 Å². The van der Waals surface area contributed by atoms with Gasteiger partial charge in [0.25, 0.3) is 0 Å². The number of rotatable bonds is 1. The molecule has 4 nitrogen and oxygen atoms in total. The minimum atomic E-state index is -1.67. The summed E-state index contributed by atoms with van der Waals surface area (Å²) in [5.41, 5.74) is 3.81. The van der Waals surface area contributed by atoms with Crippen LogP contribution in [0.25, 0.3) is 0 Å². The number of nitrogens with two attached hydrogens (primary N) is 1. The fraction of sp³-hybridized carbons (Fsp3) is 0.857. The van der Waals surface area contributed by atoms with E-state index in [2.05, 4.69) is 0 Å². The van der Waals surface area contributed by atoms with Crippen molar-refractivity contribution in [2.24, 2.45) is 5.73 Å². The molecule has 1 aliphatic rings. The van der Waals surface area contributed by atoms with E-state index in [-0.39, 0.29) is 6.42 Å². The lowest BCUT2D eigenvalue weighted by Gasteiger charge is -2.33. The molecule has 4 heteroatoms. The van der Waals surface area contributed by atoms with Gasteiger partial charge in [0.2, 0.25) is 0 Å². The number of hydrogen-bond acceptors (Lipinski definition) is 3. The van der Waals surface area contributed by atoms with E-state index in [1.54, 1.807) is 0 Å². The van der Waals surface area contributed by atoms with Crippen molar-refractivity contribution in [3.8, 4) is 0 Å². The highest BCUT2D eigenvalue weighted by molar-refractivity contribution is 5.78. The Morgan fingerprint density at radius 2 is 2.18 bits per heavy atom. The van der Waals surface area contributed by atoms with Gasteiger partial charge in [-0.15, -0.1) is 0 Å². The van der Waals surface area contributed by atoms with Gasteiger partial charge in [0.1, 0.15) is 0 Å². The minimum Gasteiger partial charge on any atom is -0.479 e. The van der Waals surface area contributed by atoms with Crippen molar-refractivity contribution < 1.29 is 15.0 Å². The van der Waals surface area contributed by atoms with E-state index in [9.17, 15) is 9.90 Å². The summed E-state index contributed by atoms with van der Waals surface area (Å²) in [6.45, 7) is 0. The monoisotopic (exact) mass is 159 g/mol. The summed E-state index contributed by atoms with van der Waals surface area (Å²) < 4.78 is 0. The molecule has 0 aromatic heterocycles. The molecule has 0 unspecified atom stereocenters. The van der Waals surface area contributed by atoms with Gasteiger partial charge in [0, 0.05) is 6.04 Å². The molecule has 0 bridgehead atoms. The van der Waals surface area contributed by atoms with Crippen LogP contribution in [0.4, 0.5) is 0 Å². The average molecular weight is 159 g/mol. The Kier molecular flexibility index (Phi) is 2.15. The van der Waals surface area contributed by atoms with Gasteiger partial charge in [-0.2, -0.15) is 0 Å². The van der Waals surface area contributed by atoms with Gasteiger partial charge in [-0.05, 0) is 19.3 Å². The molecular weight excluding hydrogens is 146 g/mol. The van der Waals surface area contributed by atoms with E-state index in [1.165, 1.54) is 0 Å². The molecule has 1 aliphatic carbocycles. The summed E-state index contributed by atoms with van der Waals surface area (Å²) in [5.74, 6) is -1.19. The van der Waals surface area contributed by atoms with Gasteiger partial charge in [-0.25, -0.2) is 4.79 Å². The molecule has 1 fully saturated rings. The van der Waals surface area contributed by atoms with Crippen molar-refractivity contribution in [1.29, 1.82) is 0 Å². The lowest BCUT2D eigenvalue weighted by Crippen LogP contribution is -2.55. The summed E-state index contributed by atoms with van der Waals surface area (Å²) in [4.78, 5) is 10.6. The maximum absolute atomic E-state index is 10.6. The third-order valence-electron chi connectivity index (χ3n) is 2.31. The van der Waals surface area contributed by atoms with E-state index in [4.69, 9.17) is 10.8 Å². The Bertz CT molecular complexity index is 171. The van der Waals surface area contributed by atoms with Gasteiger partial charge >= 0.3 is 5.97 Å². The van der Waals surface area contributed by atoms with E-state index < -0.39 is 17.6 Å². The smallest absolute Gasteiger partial charge is 0.337 e. The van der Waals surface area contributed by atoms with Gasteiger partial charge in [-0.1, -0.05) is 6.42 Å². The van der Waals surface area contributed by atoms with Crippen LogP contribution in [0, 0.1) is 0 Å². The third-order valence-corrected chi connectivity index (χ3v) is 2.31. The molecule has 4 N–H and O–H groups in total. The fourth-order valence-electron chi connectivity index (χ4n) is 1.45. The Hall–Kier alpha value is -0.610. The van der Waals surface area contributed by atoms with Crippen LogP contribution in [-0.4, -0.2) is 27.8 Å². The lowest BCUT2D eigenvalue weighted by molar-refractivity contribution is -0.163. The van der Waals surface area contributed by atoms with Crippen LogP contribution < -0.4 is 5.73 Å². The van der Waals surface area contributed by atoms with Gasteiger partial charge < -0.3 is 15.9 Å². The quantitative estimate of drug-likeness (QED) is 0.490. The molecule has 1 saturated carbocycles. The predicted molar refractivity (Wildman–Crippen MR) is 39.0 cm³/mol. The fourth-order valence-corrected chi connectivity index (χ4v) is 1.45. The largest absolute Gasteiger partial charge is 0.479 e. The summed E-state index contributed by atoms with van der Waals surface area (Å²) in [5, 5.41) is 18.1. The van der Waals surface area contributed by atoms with Crippen molar-refractivity contribution in [3.05, 3.63) is 0 Å². The van der Waals surface area contributed by atoms with Gasteiger partial charge in [0.15, 0.2) is 5.60 Å². The second kappa shape index (κ2) is 2.79. The molecule has 11 heavy (non-hydrogen) atoms.